The van der Waals surface area contributed by atoms with Gasteiger partial charge in [-0.15, -0.1) is 4.40 Å². The molecule has 2 N–H and O–H groups in total. The van der Waals surface area contributed by atoms with Crippen molar-refractivity contribution in [2.75, 3.05) is 22.8 Å². The van der Waals surface area contributed by atoms with Crippen molar-refractivity contribution < 1.29 is 26.4 Å². The van der Waals surface area contributed by atoms with Crippen LogP contribution in [0.1, 0.15) is 26.2 Å². The zero-order valence-corrected chi connectivity index (χ0v) is 18.1. The molecule has 0 aromatic heterocycles. The summed E-state index contributed by atoms with van der Waals surface area (Å²) < 4.78 is 54.4. The van der Waals surface area contributed by atoms with Crippen LogP contribution in [0, 0.1) is 11.8 Å². The Morgan fingerprint density at radius 1 is 1.27 bits per heavy atom. The largest absolute Gasteiger partial charge is 0.341 e. The number of rotatable bonds is 4. The molecule has 10 nitrogen and oxygen atoms in total. The minimum absolute atomic E-state index is 0.0658. The number of nitrogens with one attached hydrogen (secondary N) is 2. The molecule has 3 aliphatic rings. The lowest BCUT2D eigenvalue weighted by atomic mass is 9.82. The van der Waals surface area contributed by atoms with Crippen molar-refractivity contribution in [2.45, 2.75) is 37.1 Å². The number of piperidine rings is 1. The van der Waals surface area contributed by atoms with E-state index in [0.717, 1.165) is 25.2 Å². The highest BCUT2D eigenvalue weighted by Gasteiger charge is 2.52. The van der Waals surface area contributed by atoms with Gasteiger partial charge < -0.3 is 10.2 Å². The number of Topliss-reactive ketones (excluding diaryl/α,β-unsaturated/α-hetero) is 1. The van der Waals surface area contributed by atoms with Crippen LogP contribution >= 0.6 is 0 Å². The number of hydrogen-bond donors (Lipinski definition) is 2. The van der Waals surface area contributed by atoms with Gasteiger partial charge in [0.05, 0.1) is 11.9 Å². The highest BCUT2D eigenvalue weighted by molar-refractivity contribution is 7.92. The highest BCUT2D eigenvalue weighted by Crippen LogP contribution is 2.39. The maximum absolute atomic E-state index is 13.1. The maximum atomic E-state index is 13.1. The number of nitrogens with zero attached hydrogens (tertiary/aromatic N) is 2. The topological polar surface area (TPSA) is 142 Å². The second-order valence-corrected chi connectivity index (χ2v) is 11.0. The average Bonchev–Trinajstić information content (AvgIpc) is 3.11. The van der Waals surface area contributed by atoms with Gasteiger partial charge in [0.2, 0.25) is 15.9 Å². The number of anilines is 2. The lowest BCUT2D eigenvalue weighted by Crippen LogP contribution is -2.58. The third-order valence-electron chi connectivity index (χ3n) is 5.72. The summed E-state index contributed by atoms with van der Waals surface area (Å²) in [4.78, 5) is 27.5. The predicted octanol–water partition coefficient (Wildman–Crippen LogP) is 0.787. The SMILES string of the molecule is CCN1C(=O)C(C2=NS(=O)(=O)c3cc(NS(C)(=O)=O)ccc3N2)C(=O)C2CCCC21. The number of likely N-dealkylation sites (tertiary alicyclic amines) is 1. The molecule has 2 aliphatic heterocycles. The first-order chi connectivity index (χ1) is 14.0. The van der Waals surface area contributed by atoms with Gasteiger partial charge in [0, 0.05) is 24.2 Å². The van der Waals surface area contributed by atoms with Crippen molar-refractivity contribution in [3.05, 3.63) is 18.2 Å². The molecule has 0 spiro atoms. The van der Waals surface area contributed by atoms with Crippen LogP contribution in [0.25, 0.3) is 0 Å². The number of ketones is 1. The molecule has 4 rings (SSSR count). The van der Waals surface area contributed by atoms with Crippen molar-refractivity contribution in [3.8, 4) is 0 Å². The Bertz CT molecular complexity index is 1180. The van der Waals surface area contributed by atoms with Crippen LogP contribution < -0.4 is 10.0 Å². The summed E-state index contributed by atoms with van der Waals surface area (Å²) in [6.07, 6.45) is 3.22. The van der Waals surface area contributed by atoms with Gasteiger partial charge in [-0.05, 0) is 38.0 Å². The fraction of sp³-hybridized carbons (Fsp3) is 0.500. The number of carbonyl (C=O) groups is 2. The van der Waals surface area contributed by atoms with Crippen LogP contribution in [0.15, 0.2) is 27.5 Å². The minimum Gasteiger partial charge on any atom is -0.341 e. The Morgan fingerprint density at radius 3 is 2.67 bits per heavy atom. The molecular weight excluding hydrogens is 432 g/mol. The summed E-state index contributed by atoms with van der Waals surface area (Å²) in [5.74, 6) is -2.55. The van der Waals surface area contributed by atoms with E-state index in [2.05, 4.69) is 14.4 Å². The third kappa shape index (κ3) is 3.47. The molecule has 30 heavy (non-hydrogen) atoms. The average molecular weight is 455 g/mol. The van der Waals surface area contributed by atoms with Crippen LogP contribution in [0.5, 0.6) is 0 Å². The van der Waals surface area contributed by atoms with Gasteiger partial charge in [0.1, 0.15) is 10.7 Å². The van der Waals surface area contributed by atoms with Crippen LogP contribution in [-0.2, 0) is 29.6 Å². The van der Waals surface area contributed by atoms with Crippen LogP contribution in [-0.4, -0.2) is 58.1 Å². The predicted molar refractivity (Wildman–Crippen MR) is 110 cm³/mol. The van der Waals surface area contributed by atoms with E-state index in [1.54, 1.807) is 4.90 Å². The van der Waals surface area contributed by atoms with E-state index < -0.39 is 31.9 Å². The Kier molecular flexibility index (Phi) is 4.88. The molecule has 3 unspecified atom stereocenters. The van der Waals surface area contributed by atoms with Crippen LogP contribution in [0.3, 0.4) is 0 Å². The summed E-state index contributed by atoms with van der Waals surface area (Å²) in [6.45, 7) is 2.26. The molecule has 3 atom stereocenters. The van der Waals surface area contributed by atoms with E-state index in [4.69, 9.17) is 0 Å². The molecule has 1 aromatic carbocycles. The monoisotopic (exact) mass is 454 g/mol. The Labute approximate surface area is 174 Å². The Morgan fingerprint density at radius 2 is 2.00 bits per heavy atom. The first-order valence-electron chi connectivity index (χ1n) is 9.60. The van der Waals surface area contributed by atoms with E-state index in [1.165, 1.54) is 12.1 Å². The van der Waals surface area contributed by atoms with Crippen molar-refractivity contribution in [1.29, 1.82) is 0 Å². The summed E-state index contributed by atoms with van der Waals surface area (Å²) in [5.41, 5.74) is 0.201. The molecule has 0 radical (unpaired) electrons. The summed E-state index contributed by atoms with van der Waals surface area (Å²) in [7, 11) is -7.84. The van der Waals surface area contributed by atoms with Crippen molar-refractivity contribution >= 4 is 48.9 Å². The fourth-order valence-corrected chi connectivity index (χ4v) is 6.27. The number of hydrogen-bond acceptors (Lipinski definition) is 7. The second kappa shape index (κ2) is 7.05. The Balaban J connectivity index is 1.72. The molecule has 1 aromatic rings. The number of amides is 1. The fourth-order valence-electron chi connectivity index (χ4n) is 4.53. The lowest BCUT2D eigenvalue weighted by Gasteiger charge is -2.40. The number of carbonyl (C=O) groups excluding carboxylic acids is 2. The van der Waals surface area contributed by atoms with Gasteiger partial charge in [-0.2, -0.15) is 8.42 Å². The van der Waals surface area contributed by atoms with Crippen molar-refractivity contribution in [2.24, 2.45) is 16.2 Å². The van der Waals surface area contributed by atoms with Gasteiger partial charge in [0.25, 0.3) is 10.0 Å². The smallest absolute Gasteiger partial charge is 0.286 e. The number of amidine groups is 1. The molecule has 12 heteroatoms. The highest BCUT2D eigenvalue weighted by atomic mass is 32.2. The molecule has 0 bridgehead atoms. The van der Waals surface area contributed by atoms with Gasteiger partial charge in [-0.3, -0.25) is 14.3 Å². The molecular formula is C18H22N4O6S2. The first kappa shape index (κ1) is 20.8. The lowest BCUT2D eigenvalue weighted by molar-refractivity contribution is -0.148. The zero-order valence-electron chi connectivity index (χ0n) is 16.5. The standard InChI is InChI=1S/C18H22N4O6S2/c1-3-22-13-6-4-5-11(13)16(23)15(18(22)24)17-19-12-8-7-10(20-29(2,25)26)9-14(12)30(27,28)21-17/h7-9,11,13,15,20H,3-6H2,1-2H3,(H,19,21). The maximum Gasteiger partial charge on any atom is 0.286 e. The minimum atomic E-state index is -4.24. The third-order valence-corrected chi connectivity index (χ3v) is 7.66. The summed E-state index contributed by atoms with van der Waals surface area (Å²) in [5, 5.41) is 2.82. The summed E-state index contributed by atoms with van der Waals surface area (Å²) in [6, 6.07) is 3.78. The molecule has 2 heterocycles. The number of benzene rings is 1. The van der Waals surface area contributed by atoms with Crippen molar-refractivity contribution in [3.63, 3.8) is 0 Å². The molecule has 1 amide bonds. The van der Waals surface area contributed by atoms with E-state index in [9.17, 15) is 26.4 Å². The molecule has 1 aliphatic carbocycles. The van der Waals surface area contributed by atoms with Gasteiger partial charge in [0.15, 0.2) is 11.7 Å². The van der Waals surface area contributed by atoms with Crippen molar-refractivity contribution in [1.82, 2.24) is 4.90 Å². The van der Waals surface area contributed by atoms with E-state index >= 15 is 0 Å². The molecule has 162 valence electrons. The first-order valence-corrected chi connectivity index (χ1v) is 12.9. The zero-order chi connectivity index (χ0) is 21.8. The van der Waals surface area contributed by atoms with Gasteiger partial charge in [-0.25, -0.2) is 8.42 Å². The van der Waals surface area contributed by atoms with Crippen LogP contribution in [0.4, 0.5) is 11.4 Å². The number of fused-ring (bicyclic) bond motifs is 2. The quantitative estimate of drug-likeness (QED) is 0.640. The normalized spacial score (nSPS) is 27.7. The van der Waals surface area contributed by atoms with E-state index in [-0.39, 0.29) is 39.8 Å². The molecule has 1 saturated carbocycles. The van der Waals surface area contributed by atoms with Crippen LogP contribution in [0.2, 0.25) is 0 Å². The molecule has 2 fully saturated rings. The van der Waals surface area contributed by atoms with E-state index in [1.807, 2.05) is 6.92 Å². The number of sulfonamides is 2. The Hall–Kier alpha value is -2.47. The van der Waals surface area contributed by atoms with E-state index in [0.29, 0.717) is 13.0 Å². The van der Waals surface area contributed by atoms with Gasteiger partial charge >= 0.3 is 0 Å². The van der Waals surface area contributed by atoms with Gasteiger partial charge in [-0.1, -0.05) is 6.42 Å². The second-order valence-electron chi connectivity index (χ2n) is 7.73. The summed E-state index contributed by atoms with van der Waals surface area (Å²) >= 11 is 0. The molecule has 1 saturated heterocycles.